The zero-order chi connectivity index (χ0) is 21.3. The van der Waals surface area contributed by atoms with Crippen LogP contribution in [0.25, 0.3) is 10.9 Å². The van der Waals surface area contributed by atoms with Crippen LogP contribution in [0.4, 0.5) is 0 Å². The van der Waals surface area contributed by atoms with Crippen molar-refractivity contribution in [2.75, 3.05) is 0 Å². The number of ether oxygens (including phenoxy) is 1. The van der Waals surface area contributed by atoms with Crippen LogP contribution < -0.4 is 5.56 Å². The van der Waals surface area contributed by atoms with Crippen LogP contribution in [0.2, 0.25) is 0 Å². The highest BCUT2D eigenvalue weighted by molar-refractivity contribution is 6.02. The summed E-state index contributed by atoms with van der Waals surface area (Å²) in [4.78, 5) is 42.3. The molecule has 0 saturated carbocycles. The van der Waals surface area contributed by atoms with E-state index in [0.29, 0.717) is 23.0 Å². The second-order valence-corrected chi connectivity index (χ2v) is 7.68. The highest BCUT2D eigenvalue weighted by Crippen LogP contribution is 2.18. The first-order valence-corrected chi connectivity index (χ1v) is 10.4. The van der Waals surface area contributed by atoms with E-state index in [1.165, 1.54) is 5.56 Å². The van der Waals surface area contributed by atoms with E-state index in [0.717, 1.165) is 31.5 Å². The van der Waals surface area contributed by atoms with Crippen molar-refractivity contribution in [1.29, 1.82) is 0 Å². The molecule has 0 amide bonds. The largest absolute Gasteiger partial charge is 0.451 e. The number of Topliss-reactive ketones (excluding diaryl/α,β-unsaturated/α-hetero) is 1. The van der Waals surface area contributed by atoms with Gasteiger partial charge >= 0.3 is 5.97 Å². The molecule has 1 unspecified atom stereocenters. The lowest BCUT2D eigenvalue weighted by Crippen LogP contribution is -2.25. The number of hydrogen-bond donors (Lipinski definition) is 0. The summed E-state index contributed by atoms with van der Waals surface area (Å²) in [7, 11) is 0. The minimum absolute atomic E-state index is 0.0810. The Kier molecular flexibility index (Phi) is 5.48. The number of aryl methyl sites for hydroxylation is 2. The number of nitrogens with zero attached hydrogens (tertiary/aromatic N) is 2. The topological polar surface area (TPSA) is 78.3 Å². The lowest BCUT2D eigenvalue weighted by atomic mass is 10.0. The molecule has 2 aromatic carbocycles. The van der Waals surface area contributed by atoms with Gasteiger partial charge < -0.3 is 4.74 Å². The fourth-order valence-electron chi connectivity index (χ4n) is 3.85. The van der Waals surface area contributed by atoms with Crippen molar-refractivity contribution < 1.29 is 14.3 Å². The van der Waals surface area contributed by atoms with Crippen LogP contribution in [0, 0.1) is 0 Å². The average Bonchev–Trinajstić information content (AvgIpc) is 3.22. The smallest absolute Gasteiger partial charge is 0.338 e. The third kappa shape index (κ3) is 3.77. The molecule has 1 aliphatic heterocycles. The van der Waals surface area contributed by atoms with Gasteiger partial charge in [0.15, 0.2) is 6.10 Å². The zero-order valence-electron chi connectivity index (χ0n) is 17.2. The fraction of sp³-hybridized carbons (Fsp3) is 0.333. The SMILES string of the molecule is CCCc1ccc(C(=O)C(C)OC(=O)c2ccc3c(=O)n4c(nc3c2)CCC4)cc1. The summed E-state index contributed by atoms with van der Waals surface area (Å²) in [6.45, 7) is 4.35. The van der Waals surface area contributed by atoms with Crippen LogP contribution in [-0.4, -0.2) is 27.4 Å². The second-order valence-electron chi connectivity index (χ2n) is 7.68. The summed E-state index contributed by atoms with van der Waals surface area (Å²) in [6, 6.07) is 12.1. The van der Waals surface area contributed by atoms with Crippen LogP contribution in [-0.2, 0) is 24.1 Å². The van der Waals surface area contributed by atoms with Crippen molar-refractivity contribution in [3.05, 3.63) is 75.3 Å². The molecule has 0 fully saturated rings. The van der Waals surface area contributed by atoms with E-state index in [1.807, 2.05) is 12.1 Å². The standard InChI is InChI=1S/C24H24N2O4/c1-3-5-16-7-9-17(10-8-16)22(27)15(2)30-24(29)18-11-12-19-20(14-18)25-21-6-4-13-26(21)23(19)28/h7-12,14-15H,3-6,13H2,1-2H3. The van der Waals surface area contributed by atoms with Gasteiger partial charge in [-0.3, -0.25) is 14.2 Å². The first-order chi connectivity index (χ1) is 14.5. The monoisotopic (exact) mass is 404 g/mol. The van der Waals surface area contributed by atoms with E-state index in [9.17, 15) is 14.4 Å². The number of carbonyl (C=O) groups excluding carboxylic acids is 2. The predicted molar refractivity (Wildman–Crippen MR) is 114 cm³/mol. The predicted octanol–water partition coefficient (Wildman–Crippen LogP) is 3.72. The van der Waals surface area contributed by atoms with E-state index in [-0.39, 0.29) is 16.9 Å². The first kappa shape index (κ1) is 20.0. The number of carbonyl (C=O) groups is 2. The van der Waals surface area contributed by atoms with Gasteiger partial charge in [0.1, 0.15) is 5.82 Å². The van der Waals surface area contributed by atoms with Crippen molar-refractivity contribution in [2.24, 2.45) is 0 Å². The van der Waals surface area contributed by atoms with E-state index in [2.05, 4.69) is 11.9 Å². The van der Waals surface area contributed by atoms with Gasteiger partial charge in [-0.25, -0.2) is 9.78 Å². The van der Waals surface area contributed by atoms with Gasteiger partial charge in [-0.05, 0) is 43.5 Å². The summed E-state index contributed by atoms with van der Waals surface area (Å²) >= 11 is 0. The summed E-state index contributed by atoms with van der Waals surface area (Å²) < 4.78 is 7.09. The molecular formula is C24H24N2O4. The highest BCUT2D eigenvalue weighted by Gasteiger charge is 2.22. The number of benzene rings is 2. The molecule has 0 N–H and O–H groups in total. The maximum Gasteiger partial charge on any atom is 0.338 e. The Morgan fingerprint density at radius 1 is 1.13 bits per heavy atom. The van der Waals surface area contributed by atoms with Crippen LogP contribution in [0.3, 0.4) is 0 Å². The lowest BCUT2D eigenvalue weighted by Gasteiger charge is -2.13. The molecule has 154 valence electrons. The van der Waals surface area contributed by atoms with Crippen LogP contribution in [0.1, 0.15) is 58.8 Å². The molecule has 2 heterocycles. The number of fused-ring (bicyclic) bond motifs is 2. The van der Waals surface area contributed by atoms with Crippen LogP contribution in [0.15, 0.2) is 47.3 Å². The third-order valence-corrected chi connectivity index (χ3v) is 5.48. The molecule has 3 aromatic rings. The summed E-state index contributed by atoms with van der Waals surface area (Å²) in [5, 5.41) is 0.480. The molecule has 6 nitrogen and oxygen atoms in total. The fourth-order valence-corrected chi connectivity index (χ4v) is 3.85. The van der Waals surface area contributed by atoms with Gasteiger partial charge in [-0.2, -0.15) is 0 Å². The molecule has 1 aromatic heterocycles. The molecule has 1 aliphatic rings. The van der Waals surface area contributed by atoms with E-state index >= 15 is 0 Å². The van der Waals surface area contributed by atoms with E-state index in [4.69, 9.17) is 4.74 Å². The molecule has 0 bridgehead atoms. The van der Waals surface area contributed by atoms with Gasteiger partial charge in [0.25, 0.3) is 5.56 Å². The Morgan fingerprint density at radius 3 is 2.60 bits per heavy atom. The molecule has 0 aliphatic carbocycles. The first-order valence-electron chi connectivity index (χ1n) is 10.4. The Balaban J connectivity index is 1.51. The number of aromatic nitrogens is 2. The van der Waals surface area contributed by atoms with Gasteiger partial charge in [0, 0.05) is 18.5 Å². The van der Waals surface area contributed by atoms with Gasteiger partial charge in [0.05, 0.1) is 16.5 Å². The Labute approximate surface area is 174 Å². The maximum atomic E-state index is 12.6. The quantitative estimate of drug-likeness (QED) is 0.462. The highest BCUT2D eigenvalue weighted by atomic mass is 16.5. The van der Waals surface area contributed by atoms with Crippen LogP contribution >= 0.6 is 0 Å². The number of esters is 1. The van der Waals surface area contributed by atoms with E-state index < -0.39 is 12.1 Å². The van der Waals surface area contributed by atoms with Crippen molar-refractivity contribution in [2.45, 2.75) is 52.2 Å². The van der Waals surface area contributed by atoms with E-state index in [1.54, 1.807) is 41.8 Å². The van der Waals surface area contributed by atoms with Crippen molar-refractivity contribution in [1.82, 2.24) is 9.55 Å². The Morgan fingerprint density at radius 2 is 1.87 bits per heavy atom. The minimum atomic E-state index is -0.913. The maximum absolute atomic E-state index is 12.6. The van der Waals surface area contributed by atoms with Gasteiger partial charge in [-0.15, -0.1) is 0 Å². The number of rotatable bonds is 6. The number of ketones is 1. The number of hydrogen-bond acceptors (Lipinski definition) is 5. The molecule has 4 rings (SSSR count). The second kappa shape index (κ2) is 8.22. The molecule has 6 heteroatoms. The Hall–Kier alpha value is -3.28. The summed E-state index contributed by atoms with van der Waals surface area (Å²) in [6.07, 6.45) is 2.73. The Bertz CT molecular complexity index is 1180. The summed E-state index contributed by atoms with van der Waals surface area (Å²) in [5.41, 5.74) is 2.36. The molecule has 30 heavy (non-hydrogen) atoms. The van der Waals surface area contributed by atoms with Crippen molar-refractivity contribution in [3.8, 4) is 0 Å². The summed E-state index contributed by atoms with van der Waals surface area (Å²) in [5.74, 6) is -0.114. The molecule has 0 spiro atoms. The van der Waals surface area contributed by atoms with Crippen LogP contribution in [0.5, 0.6) is 0 Å². The van der Waals surface area contributed by atoms with Crippen molar-refractivity contribution >= 4 is 22.7 Å². The average molecular weight is 404 g/mol. The molecule has 0 saturated heterocycles. The van der Waals surface area contributed by atoms with Gasteiger partial charge in [0.2, 0.25) is 5.78 Å². The molecular weight excluding hydrogens is 380 g/mol. The third-order valence-electron chi connectivity index (χ3n) is 5.48. The van der Waals surface area contributed by atoms with Crippen molar-refractivity contribution in [3.63, 3.8) is 0 Å². The van der Waals surface area contributed by atoms with Gasteiger partial charge in [-0.1, -0.05) is 37.6 Å². The molecule has 1 atom stereocenters. The normalized spacial score (nSPS) is 13.8. The lowest BCUT2D eigenvalue weighted by molar-refractivity contribution is 0.0319. The molecule has 0 radical (unpaired) electrons. The minimum Gasteiger partial charge on any atom is -0.451 e. The zero-order valence-corrected chi connectivity index (χ0v) is 17.2.